The van der Waals surface area contributed by atoms with E-state index in [1.165, 1.54) is 5.56 Å². The van der Waals surface area contributed by atoms with Crippen LogP contribution in [0.25, 0.3) is 10.2 Å². The summed E-state index contributed by atoms with van der Waals surface area (Å²) in [6.45, 7) is 4.83. The number of carbonyl (C=O) groups excluding carboxylic acids is 1. The molecule has 3 rings (SSSR count). The molecule has 0 fully saturated rings. The van der Waals surface area contributed by atoms with Crippen molar-refractivity contribution in [1.29, 1.82) is 0 Å². The third-order valence-electron chi connectivity index (χ3n) is 3.88. The number of nitrogens with zero attached hydrogens (tertiary/aromatic N) is 2. The second-order valence-corrected chi connectivity index (χ2v) is 7.13. The van der Waals surface area contributed by atoms with Crippen LogP contribution in [0.3, 0.4) is 0 Å². The molecule has 23 heavy (non-hydrogen) atoms. The summed E-state index contributed by atoms with van der Waals surface area (Å²) in [6, 6.07) is 15.9. The summed E-state index contributed by atoms with van der Waals surface area (Å²) in [7, 11) is 1.82. The van der Waals surface area contributed by atoms with Gasteiger partial charge in [0.2, 0.25) is 0 Å². The molecule has 0 saturated carbocycles. The van der Waals surface area contributed by atoms with Gasteiger partial charge in [-0.15, -0.1) is 11.3 Å². The highest BCUT2D eigenvalue weighted by molar-refractivity contribution is 7.18. The van der Waals surface area contributed by atoms with E-state index in [2.05, 4.69) is 24.9 Å². The van der Waals surface area contributed by atoms with Gasteiger partial charge in [0.25, 0.3) is 5.91 Å². The number of para-hydroxylation sites is 1. The lowest BCUT2D eigenvalue weighted by Crippen LogP contribution is -2.26. The Bertz CT molecular complexity index is 788. The Morgan fingerprint density at radius 1 is 1.13 bits per heavy atom. The van der Waals surface area contributed by atoms with Gasteiger partial charge in [0.15, 0.2) is 0 Å². The molecule has 0 spiro atoms. The summed E-state index contributed by atoms with van der Waals surface area (Å²) >= 11 is 1.64. The molecule has 0 aliphatic rings. The van der Waals surface area contributed by atoms with Crippen LogP contribution in [-0.2, 0) is 6.54 Å². The number of hydrogen-bond donors (Lipinski definition) is 0. The van der Waals surface area contributed by atoms with Crippen molar-refractivity contribution in [1.82, 2.24) is 9.88 Å². The molecule has 0 radical (unpaired) electrons. The molecule has 4 heteroatoms. The molecule has 1 heterocycles. The predicted molar refractivity (Wildman–Crippen MR) is 95.9 cm³/mol. The maximum atomic E-state index is 12.5. The summed E-state index contributed by atoms with van der Waals surface area (Å²) in [5, 5.41) is 0.959. The van der Waals surface area contributed by atoms with Crippen LogP contribution in [0, 0.1) is 0 Å². The summed E-state index contributed by atoms with van der Waals surface area (Å²) < 4.78 is 1.16. The first-order valence-electron chi connectivity index (χ1n) is 7.74. The molecule has 0 bridgehead atoms. The lowest BCUT2D eigenvalue weighted by Gasteiger charge is -2.16. The van der Waals surface area contributed by atoms with Crippen molar-refractivity contribution in [2.24, 2.45) is 0 Å². The zero-order valence-electron chi connectivity index (χ0n) is 13.6. The smallest absolute Gasteiger partial charge is 0.253 e. The fraction of sp³-hybridized carbons (Fsp3) is 0.263. The van der Waals surface area contributed by atoms with Crippen molar-refractivity contribution in [2.45, 2.75) is 26.3 Å². The minimum Gasteiger partial charge on any atom is -0.335 e. The Kier molecular flexibility index (Phi) is 4.44. The molecule has 1 aromatic heterocycles. The molecule has 0 atom stereocenters. The maximum absolute atomic E-state index is 12.5. The second kappa shape index (κ2) is 6.50. The maximum Gasteiger partial charge on any atom is 0.253 e. The largest absolute Gasteiger partial charge is 0.335 e. The topological polar surface area (TPSA) is 33.2 Å². The normalized spacial score (nSPS) is 11.1. The lowest BCUT2D eigenvalue weighted by atomic mass is 10.0. The van der Waals surface area contributed by atoms with Crippen molar-refractivity contribution in [3.05, 3.63) is 64.7 Å². The van der Waals surface area contributed by atoms with Crippen LogP contribution < -0.4 is 0 Å². The van der Waals surface area contributed by atoms with Crippen molar-refractivity contribution in [3.63, 3.8) is 0 Å². The van der Waals surface area contributed by atoms with Gasteiger partial charge in [0.1, 0.15) is 5.01 Å². The number of thiazole rings is 1. The molecule has 1 amide bonds. The van der Waals surface area contributed by atoms with Gasteiger partial charge in [-0.3, -0.25) is 4.79 Å². The van der Waals surface area contributed by atoms with Crippen LogP contribution in [0.5, 0.6) is 0 Å². The molecule has 2 aromatic carbocycles. The lowest BCUT2D eigenvalue weighted by molar-refractivity contribution is 0.0785. The van der Waals surface area contributed by atoms with E-state index < -0.39 is 0 Å². The Hall–Kier alpha value is -2.20. The number of aromatic nitrogens is 1. The van der Waals surface area contributed by atoms with E-state index in [1.54, 1.807) is 16.2 Å². The fourth-order valence-corrected chi connectivity index (χ4v) is 3.51. The van der Waals surface area contributed by atoms with E-state index in [-0.39, 0.29) is 5.91 Å². The van der Waals surface area contributed by atoms with E-state index in [0.717, 1.165) is 20.8 Å². The summed E-state index contributed by atoms with van der Waals surface area (Å²) in [4.78, 5) is 18.9. The third-order valence-corrected chi connectivity index (χ3v) is 4.90. The van der Waals surface area contributed by atoms with Crippen molar-refractivity contribution in [3.8, 4) is 0 Å². The number of fused-ring (bicyclic) bond motifs is 1. The number of benzene rings is 2. The quantitative estimate of drug-likeness (QED) is 0.697. The van der Waals surface area contributed by atoms with E-state index in [0.29, 0.717) is 12.5 Å². The zero-order chi connectivity index (χ0) is 16.4. The molecular formula is C19H20N2OS. The minimum atomic E-state index is 0.0274. The van der Waals surface area contributed by atoms with E-state index >= 15 is 0 Å². The summed E-state index contributed by atoms with van der Waals surface area (Å²) in [6.07, 6.45) is 0. The molecule has 0 aliphatic heterocycles. The Morgan fingerprint density at radius 2 is 1.83 bits per heavy atom. The molecule has 0 saturated heterocycles. The van der Waals surface area contributed by atoms with Gasteiger partial charge in [-0.1, -0.05) is 38.1 Å². The van der Waals surface area contributed by atoms with Gasteiger partial charge in [0, 0.05) is 12.6 Å². The molecule has 0 unspecified atom stereocenters. The minimum absolute atomic E-state index is 0.0274. The molecule has 118 valence electrons. The van der Waals surface area contributed by atoms with E-state index in [4.69, 9.17) is 0 Å². The van der Waals surface area contributed by atoms with Crippen LogP contribution in [0.1, 0.15) is 40.7 Å². The van der Waals surface area contributed by atoms with Crippen molar-refractivity contribution < 1.29 is 4.79 Å². The highest BCUT2D eigenvalue weighted by Gasteiger charge is 2.14. The van der Waals surface area contributed by atoms with Crippen molar-refractivity contribution >= 4 is 27.5 Å². The Labute approximate surface area is 140 Å². The Balaban J connectivity index is 1.74. The van der Waals surface area contributed by atoms with Crippen LogP contribution in [0.2, 0.25) is 0 Å². The second-order valence-electron chi connectivity index (χ2n) is 6.01. The van der Waals surface area contributed by atoms with Gasteiger partial charge in [-0.2, -0.15) is 0 Å². The first-order valence-corrected chi connectivity index (χ1v) is 8.56. The van der Waals surface area contributed by atoms with Crippen LogP contribution >= 0.6 is 11.3 Å². The highest BCUT2D eigenvalue weighted by atomic mass is 32.1. The van der Waals surface area contributed by atoms with Crippen LogP contribution in [0.15, 0.2) is 48.5 Å². The SMILES string of the molecule is CC(C)c1ccc(C(=O)N(C)Cc2nc3ccccc3s2)cc1. The first kappa shape index (κ1) is 15.7. The molecule has 0 aliphatic carbocycles. The summed E-state index contributed by atoms with van der Waals surface area (Å²) in [5.74, 6) is 0.499. The van der Waals surface area contributed by atoms with Gasteiger partial charge in [0.05, 0.1) is 16.8 Å². The Morgan fingerprint density at radius 3 is 2.48 bits per heavy atom. The van der Waals surface area contributed by atoms with Gasteiger partial charge >= 0.3 is 0 Å². The molecule has 3 nitrogen and oxygen atoms in total. The van der Waals surface area contributed by atoms with Crippen LogP contribution in [-0.4, -0.2) is 22.8 Å². The first-order chi connectivity index (χ1) is 11.0. The molecule has 3 aromatic rings. The third kappa shape index (κ3) is 3.42. The number of amides is 1. The van der Waals surface area contributed by atoms with Crippen LogP contribution in [0.4, 0.5) is 0 Å². The number of hydrogen-bond acceptors (Lipinski definition) is 3. The van der Waals surface area contributed by atoms with Gasteiger partial charge in [-0.25, -0.2) is 4.98 Å². The molecule has 0 N–H and O–H groups in total. The van der Waals surface area contributed by atoms with Crippen molar-refractivity contribution in [2.75, 3.05) is 7.05 Å². The van der Waals surface area contributed by atoms with E-state index in [9.17, 15) is 4.79 Å². The monoisotopic (exact) mass is 324 g/mol. The standard InChI is InChI=1S/C19H20N2OS/c1-13(2)14-8-10-15(11-9-14)19(22)21(3)12-18-20-16-6-4-5-7-17(16)23-18/h4-11,13H,12H2,1-3H3. The highest BCUT2D eigenvalue weighted by Crippen LogP contribution is 2.23. The van der Waals surface area contributed by atoms with Gasteiger partial charge < -0.3 is 4.90 Å². The fourth-order valence-electron chi connectivity index (χ4n) is 2.49. The predicted octanol–water partition coefficient (Wildman–Crippen LogP) is 4.69. The number of rotatable bonds is 4. The number of carbonyl (C=O) groups is 1. The average molecular weight is 324 g/mol. The average Bonchev–Trinajstić information content (AvgIpc) is 2.96. The van der Waals surface area contributed by atoms with Gasteiger partial charge in [-0.05, 0) is 35.7 Å². The zero-order valence-corrected chi connectivity index (χ0v) is 14.4. The molecular weight excluding hydrogens is 304 g/mol. The summed E-state index contributed by atoms with van der Waals surface area (Å²) in [5.41, 5.74) is 2.96. The van der Waals surface area contributed by atoms with E-state index in [1.807, 2.05) is 49.5 Å².